The number of benzene rings is 2. The Labute approximate surface area is 161 Å². The standard InChI is InChI=1S/C19H14BrN2O5/c1-11(23)22(21)10-12-2-7-17-13(8-12)9-16(19(25)27-17)18(24)26-15-5-3-14(20)4-6-15/h2-9,21H,10H2,1H3/q+1. The number of nitrogens with zero attached hydrogens (tertiary/aromatic N) is 1. The number of ether oxygens (including phenoxy) is 1. The number of halogens is 1. The van der Waals surface area contributed by atoms with Crippen LogP contribution in [0.3, 0.4) is 0 Å². The molecule has 1 N–H and O–H groups in total. The zero-order valence-electron chi connectivity index (χ0n) is 14.2. The highest BCUT2D eigenvalue weighted by Crippen LogP contribution is 2.19. The van der Waals surface area contributed by atoms with Crippen molar-refractivity contribution in [1.29, 1.82) is 5.53 Å². The Hall–Kier alpha value is -3.13. The Balaban J connectivity index is 1.92. The van der Waals surface area contributed by atoms with Gasteiger partial charge in [0, 0.05) is 15.4 Å². The maximum atomic E-state index is 12.3. The van der Waals surface area contributed by atoms with E-state index in [1.165, 1.54) is 13.0 Å². The van der Waals surface area contributed by atoms with Crippen molar-refractivity contribution in [2.45, 2.75) is 13.5 Å². The van der Waals surface area contributed by atoms with E-state index < -0.39 is 17.5 Å². The van der Waals surface area contributed by atoms with Crippen molar-refractivity contribution in [2.24, 2.45) is 0 Å². The zero-order valence-corrected chi connectivity index (χ0v) is 15.8. The summed E-state index contributed by atoms with van der Waals surface area (Å²) in [6.45, 7) is 1.37. The van der Waals surface area contributed by atoms with Crippen molar-refractivity contribution in [2.75, 3.05) is 0 Å². The monoisotopic (exact) mass is 429 g/mol. The van der Waals surface area contributed by atoms with Gasteiger partial charge in [0.1, 0.15) is 16.9 Å². The number of hydrogen-bond acceptors (Lipinski definition) is 6. The molecule has 0 saturated carbocycles. The van der Waals surface area contributed by atoms with Crippen LogP contribution in [-0.2, 0) is 11.3 Å². The average molecular weight is 430 g/mol. The largest absolute Gasteiger partial charge is 0.423 e. The van der Waals surface area contributed by atoms with Gasteiger partial charge >= 0.3 is 17.5 Å². The smallest absolute Gasteiger partial charge is 0.408 e. The second-order valence-electron chi connectivity index (χ2n) is 5.77. The molecule has 1 heterocycles. The van der Waals surface area contributed by atoms with Crippen LogP contribution >= 0.6 is 15.9 Å². The van der Waals surface area contributed by atoms with E-state index in [2.05, 4.69) is 15.9 Å². The number of carbonyl (C=O) groups excluding carboxylic acids is 2. The van der Waals surface area contributed by atoms with E-state index in [-0.39, 0.29) is 12.1 Å². The maximum absolute atomic E-state index is 12.3. The number of fused-ring (bicyclic) bond motifs is 1. The van der Waals surface area contributed by atoms with Crippen LogP contribution in [0.2, 0.25) is 0 Å². The average Bonchev–Trinajstić information content (AvgIpc) is 2.63. The SMILES string of the molecule is CC(=O)[N+](=N)Cc1ccc2oc(=O)c(C(=O)Oc3ccc(Br)cc3)cc2c1. The van der Waals surface area contributed by atoms with Gasteiger partial charge in [-0.05, 0) is 48.5 Å². The Morgan fingerprint density at radius 1 is 1.15 bits per heavy atom. The summed E-state index contributed by atoms with van der Waals surface area (Å²) >= 11 is 3.28. The molecule has 0 saturated heterocycles. The molecule has 0 unspecified atom stereocenters. The molecule has 0 spiro atoms. The maximum Gasteiger partial charge on any atom is 0.408 e. The van der Waals surface area contributed by atoms with Gasteiger partial charge in [0.05, 0.1) is 6.92 Å². The topological polar surface area (TPSA) is 100 Å². The summed E-state index contributed by atoms with van der Waals surface area (Å²) in [4.78, 5) is 35.7. The minimum absolute atomic E-state index is 0.0725. The van der Waals surface area contributed by atoms with Crippen LogP contribution in [0.5, 0.6) is 5.75 Å². The molecule has 136 valence electrons. The highest BCUT2D eigenvalue weighted by Gasteiger charge is 2.18. The summed E-state index contributed by atoms with van der Waals surface area (Å²) in [7, 11) is 0. The van der Waals surface area contributed by atoms with Gasteiger partial charge in [0.15, 0.2) is 0 Å². The quantitative estimate of drug-likeness (QED) is 0.223. The molecule has 0 aliphatic heterocycles. The van der Waals surface area contributed by atoms with Crippen molar-refractivity contribution < 1.29 is 23.4 Å². The fourth-order valence-electron chi connectivity index (χ4n) is 2.37. The van der Waals surface area contributed by atoms with Crippen LogP contribution in [0.15, 0.2) is 62.2 Å². The summed E-state index contributed by atoms with van der Waals surface area (Å²) in [6.07, 6.45) is 0. The molecular formula is C19H14BrN2O5+. The van der Waals surface area contributed by atoms with Gasteiger partial charge < -0.3 is 9.15 Å². The summed E-state index contributed by atoms with van der Waals surface area (Å²) in [5.41, 5.74) is 7.50. The molecular weight excluding hydrogens is 416 g/mol. The van der Waals surface area contributed by atoms with E-state index in [4.69, 9.17) is 14.7 Å². The van der Waals surface area contributed by atoms with Crippen molar-refractivity contribution >= 4 is 38.8 Å². The van der Waals surface area contributed by atoms with Crippen LogP contribution in [0, 0.1) is 5.53 Å². The lowest BCUT2D eigenvalue weighted by atomic mass is 10.1. The first kappa shape index (κ1) is 18.7. The first-order valence-electron chi connectivity index (χ1n) is 7.87. The van der Waals surface area contributed by atoms with Gasteiger partial charge in [-0.3, -0.25) is 0 Å². The molecule has 7 nitrogen and oxygen atoms in total. The molecule has 3 aromatic rings. The lowest BCUT2D eigenvalue weighted by Gasteiger charge is -2.05. The van der Waals surface area contributed by atoms with Crippen molar-refractivity contribution in [3.05, 3.63) is 74.6 Å². The first-order valence-corrected chi connectivity index (χ1v) is 8.66. The summed E-state index contributed by atoms with van der Waals surface area (Å²) in [5.74, 6) is -0.930. The van der Waals surface area contributed by atoms with E-state index in [0.29, 0.717) is 22.3 Å². The molecule has 0 atom stereocenters. The lowest BCUT2D eigenvalue weighted by Crippen LogP contribution is -2.18. The molecule has 0 bridgehead atoms. The number of nitrogens with one attached hydrogen (secondary N) is 1. The number of rotatable bonds is 4. The normalized spacial score (nSPS) is 10.6. The van der Waals surface area contributed by atoms with Crippen LogP contribution in [0.1, 0.15) is 22.8 Å². The molecule has 2 aromatic carbocycles. The van der Waals surface area contributed by atoms with Gasteiger partial charge in [-0.15, -0.1) is 0 Å². The molecule has 0 aliphatic carbocycles. The summed E-state index contributed by atoms with van der Waals surface area (Å²) < 4.78 is 12.0. The van der Waals surface area contributed by atoms with E-state index in [9.17, 15) is 14.4 Å². The number of hydrogen-bond donors (Lipinski definition) is 1. The second kappa shape index (κ2) is 7.63. The molecule has 27 heavy (non-hydrogen) atoms. The summed E-state index contributed by atoms with van der Waals surface area (Å²) in [5, 5.41) is 0.492. The van der Waals surface area contributed by atoms with Crippen LogP contribution in [0.25, 0.3) is 11.0 Å². The highest BCUT2D eigenvalue weighted by molar-refractivity contribution is 9.10. The van der Waals surface area contributed by atoms with Gasteiger partial charge in [-0.2, -0.15) is 0 Å². The Morgan fingerprint density at radius 2 is 1.85 bits per heavy atom. The number of amides is 1. The number of carbonyl (C=O) groups is 2. The van der Waals surface area contributed by atoms with Crippen LogP contribution in [-0.4, -0.2) is 16.6 Å². The predicted molar refractivity (Wildman–Crippen MR) is 98.9 cm³/mol. The van der Waals surface area contributed by atoms with E-state index in [1.54, 1.807) is 42.5 Å². The Kier molecular flexibility index (Phi) is 5.27. The van der Waals surface area contributed by atoms with E-state index >= 15 is 0 Å². The third kappa shape index (κ3) is 4.35. The fraction of sp³-hybridized carbons (Fsp3) is 0.105. The van der Waals surface area contributed by atoms with Crippen molar-refractivity contribution in [3.63, 3.8) is 0 Å². The van der Waals surface area contributed by atoms with Crippen molar-refractivity contribution in [1.82, 2.24) is 0 Å². The first-order chi connectivity index (χ1) is 12.8. The minimum atomic E-state index is -0.829. The van der Waals surface area contributed by atoms with E-state index in [1.807, 2.05) is 0 Å². The molecule has 0 fully saturated rings. The third-order valence-electron chi connectivity index (χ3n) is 3.76. The van der Waals surface area contributed by atoms with Gasteiger partial charge in [-0.25, -0.2) is 14.4 Å². The molecule has 0 aliphatic rings. The van der Waals surface area contributed by atoms with Crippen LogP contribution < -0.4 is 10.4 Å². The minimum Gasteiger partial charge on any atom is -0.423 e. The zero-order chi connectivity index (χ0) is 19.6. The molecule has 1 amide bonds. The molecule has 8 heteroatoms. The van der Waals surface area contributed by atoms with Gasteiger partial charge in [-0.1, -0.05) is 26.2 Å². The van der Waals surface area contributed by atoms with Gasteiger partial charge in [0.2, 0.25) is 6.54 Å². The highest BCUT2D eigenvalue weighted by atomic mass is 79.9. The predicted octanol–water partition coefficient (Wildman–Crippen LogP) is 3.86. The molecule has 0 radical (unpaired) electrons. The molecule has 3 rings (SSSR count). The second-order valence-corrected chi connectivity index (χ2v) is 6.68. The van der Waals surface area contributed by atoms with Crippen molar-refractivity contribution in [3.8, 4) is 5.75 Å². The number of esters is 1. The lowest BCUT2D eigenvalue weighted by molar-refractivity contribution is -0.549. The third-order valence-corrected chi connectivity index (χ3v) is 4.29. The Morgan fingerprint density at radius 3 is 2.52 bits per heavy atom. The summed E-state index contributed by atoms with van der Waals surface area (Å²) in [6, 6.07) is 12.8. The fourth-order valence-corrected chi connectivity index (χ4v) is 2.64. The van der Waals surface area contributed by atoms with Gasteiger partial charge in [0.25, 0.3) is 0 Å². The Bertz CT molecular complexity index is 1120. The van der Waals surface area contributed by atoms with Crippen LogP contribution in [0.4, 0.5) is 0 Å². The van der Waals surface area contributed by atoms with E-state index in [0.717, 1.165) is 9.17 Å². The molecule has 1 aromatic heterocycles.